The summed E-state index contributed by atoms with van der Waals surface area (Å²) in [5, 5.41) is 69.3. The van der Waals surface area contributed by atoms with Gasteiger partial charge in [-0.3, -0.25) is 76.8 Å². The number of amides is 13. The molecular formula is C74H102N20O17S. The average Bonchev–Trinajstić information content (AvgIpc) is 1.62. The number of aliphatic carboxylic acids is 1. The summed E-state index contributed by atoms with van der Waals surface area (Å²) in [6.45, 7) is 4.01. The zero-order chi connectivity index (χ0) is 82.1. The monoisotopic (exact) mass is 1570 g/mol. The van der Waals surface area contributed by atoms with Crippen LogP contribution in [-0.4, -0.2) is 226 Å². The van der Waals surface area contributed by atoms with Crippen molar-refractivity contribution in [3.8, 4) is 0 Å². The Morgan fingerprint density at radius 3 is 1.86 bits per heavy atom. The van der Waals surface area contributed by atoms with E-state index in [1.54, 1.807) is 63.5 Å². The van der Waals surface area contributed by atoms with Crippen molar-refractivity contribution in [1.82, 2.24) is 78.6 Å². The summed E-state index contributed by atoms with van der Waals surface area (Å²) in [5.41, 5.74) is 27.1. The number of carbonyl (C=O) groups is 14. The second-order valence-corrected chi connectivity index (χ2v) is 28.0. The summed E-state index contributed by atoms with van der Waals surface area (Å²) in [4.78, 5) is 196. The molecule has 1 fully saturated rings. The van der Waals surface area contributed by atoms with Crippen LogP contribution in [0, 0.1) is 5.92 Å². The lowest BCUT2D eigenvalue weighted by Gasteiger charge is -2.28. The first-order chi connectivity index (χ1) is 53.4. The largest absolute Gasteiger partial charge is 0.481 e. The molecule has 0 spiro atoms. The molecule has 112 heavy (non-hydrogen) atoms. The topological polar surface area (TPSA) is 591 Å². The van der Waals surface area contributed by atoms with Crippen molar-refractivity contribution < 1.29 is 82.4 Å². The zero-order valence-electron chi connectivity index (χ0n) is 62.9. The van der Waals surface area contributed by atoms with Gasteiger partial charge in [-0.05, 0) is 163 Å². The number of benzene rings is 3. The second kappa shape index (κ2) is 45.1. The van der Waals surface area contributed by atoms with Gasteiger partial charge in [-0.1, -0.05) is 55.9 Å². The Labute approximate surface area is 650 Å². The summed E-state index contributed by atoms with van der Waals surface area (Å²) in [7, 11) is 1.56. The number of carboxylic acids is 1. The van der Waals surface area contributed by atoms with Gasteiger partial charge in [0.2, 0.25) is 70.9 Å². The van der Waals surface area contributed by atoms with Crippen molar-refractivity contribution in [2.45, 2.75) is 175 Å². The van der Waals surface area contributed by atoms with Gasteiger partial charge in [-0.2, -0.15) is 5.10 Å². The standard InChI is InChI=1S/C74H102N20O17S/c1-40(2)36-56-72(109)88-52(26-31-76)68(105)87-54(28-33-78)71(108)92-63(41(3)95)73(110)81-35-29-55(70(107)86-51(25-30-75)66(103)82-38-61(99)85-56)89-69(106)53(27-32-77)90-74(111)64(42(4)96)91-60(98)23-22-59(97)84-50(21-24-62(100)101)67(104)83-45-15-13-43(14-16-45)39-94-57-37-46(112-58-12-7-6-11-48(58)65(102)79-5)18-19-47(57)49(93-94)20-17-44-10-8-9-34-80-44/h6-20,34,37,40-42,50-56,63-64,95-96H,21-33,35-36,38-39,75-78H2,1-5H3,(H,79,102)(H,81,110)(H,82,103)(H,83,104)(H,84,97)(H,85,99)(H,86,107)(H,87,105)(H,88,109)(H,89,106)(H,90,111)(H,91,98)(H,92,108)(H,100,101)/b20-17+/t41?,42-,50+,51?,52?,53?,54?,55?,56?,63?,64?/m0/s1. The van der Waals surface area contributed by atoms with E-state index in [1.807, 2.05) is 65.4 Å². The number of fused-ring (bicyclic) bond motifs is 1. The maximum absolute atomic E-state index is 14.3. The molecule has 24 N–H and O–H groups in total. The van der Waals surface area contributed by atoms with E-state index < -0.39 is 182 Å². The van der Waals surface area contributed by atoms with Crippen LogP contribution in [0.4, 0.5) is 5.69 Å². The smallest absolute Gasteiger partial charge is 0.303 e. The van der Waals surface area contributed by atoms with Crippen LogP contribution in [0.25, 0.3) is 23.1 Å². The van der Waals surface area contributed by atoms with Crippen molar-refractivity contribution in [1.29, 1.82) is 0 Å². The molecular weight excluding hydrogens is 1470 g/mol. The minimum absolute atomic E-state index is 0.0419. The Hall–Kier alpha value is -11.3. The van der Waals surface area contributed by atoms with Crippen LogP contribution >= 0.6 is 11.8 Å². The van der Waals surface area contributed by atoms with Gasteiger partial charge in [0, 0.05) is 59.9 Å². The van der Waals surface area contributed by atoms with E-state index in [0.717, 1.165) is 38.9 Å². The molecule has 5 aromatic rings. The van der Waals surface area contributed by atoms with Gasteiger partial charge < -0.3 is 107 Å². The number of anilines is 1. The number of nitrogens with zero attached hydrogens (tertiary/aromatic N) is 3. The summed E-state index contributed by atoms with van der Waals surface area (Å²) in [6, 6.07) is 11.5. The maximum Gasteiger partial charge on any atom is 0.303 e. The van der Waals surface area contributed by atoms with Crippen molar-refractivity contribution in [2.24, 2.45) is 28.9 Å². The molecule has 0 saturated carbocycles. The lowest BCUT2D eigenvalue weighted by Crippen LogP contribution is -2.61. The molecule has 9 unspecified atom stereocenters. The van der Waals surface area contributed by atoms with Gasteiger partial charge in [0.25, 0.3) is 5.91 Å². The number of nitrogens with one attached hydrogen (secondary N) is 13. The van der Waals surface area contributed by atoms with Crippen LogP contribution in [0.5, 0.6) is 0 Å². The number of aliphatic hydroxyl groups excluding tert-OH is 2. The molecule has 3 heterocycles. The van der Waals surface area contributed by atoms with Crippen LogP contribution in [-0.2, 0) is 68.9 Å². The third-order valence-electron chi connectivity index (χ3n) is 17.5. The van der Waals surface area contributed by atoms with Gasteiger partial charge in [-0.25, -0.2) is 0 Å². The molecule has 0 bridgehead atoms. The molecule has 38 heteroatoms. The fraction of sp³-hybridized carbons (Fsp3) is 0.459. The fourth-order valence-electron chi connectivity index (χ4n) is 11.6. The summed E-state index contributed by atoms with van der Waals surface area (Å²) < 4.78 is 1.82. The summed E-state index contributed by atoms with van der Waals surface area (Å²) >= 11 is 1.42. The van der Waals surface area contributed by atoms with Crippen LogP contribution in [0.2, 0.25) is 0 Å². The van der Waals surface area contributed by atoms with E-state index in [4.69, 9.17) is 28.0 Å². The van der Waals surface area contributed by atoms with E-state index in [0.29, 0.717) is 11.3 Å². The van der Waals surface area contributed by atoms with E-state index >= 15 is 0 Å². The van der Waals surface area contributed by atoms with Crippen molar-refractivity contribution in [3.05, 3.63) is 114 Å². The number of hydrogen-bond acceptors (Lipinski definition) is 23. The number of carbonyl (C=O) groups excluding carboxylic acids is 13. The number of rotatable bonds is 33. The minimum atomic E-state index is -1.82. The first-order valence-electron chi connectivity index (χ1n) is 36.6. The quantitative estimate of drug-likeness (QED) is 0.0198. The third-order valence-corrected chi connectivity index (χ3v) is 18.6. The van der Waals surface area contributed by atoms with Gasteiger partial charge in [0.15, 0.2) is 0 Å². The van der Waals surface area contributed by atoms with Gasteiger partial charge in [0.05, 0.1) is 47.8 Å². The SMILES string of the molecule is CNC(=O)c1ccccc1Sc1ccc2c(/C=C/c3ccccn3)nn(Cc3ccc(NC(=O)[C@@H](CCC(=O)O)NC(=O)CCC(=O)NC(C(=O)NC(CCN)C(=O)NC4CCNC(=O)C(C(C)O)NC(=O)C(CCN)NC(=O)C(CCN)NC(=O)C(CC(C)C)NC(=O)CNC(=O)C(CCN)NC4=O)[C@H](C)O)cc3)c2c1. The van der Waals surface area contributed by atoms with E-state index in [-0.39, 0.29) is 88.8 Å². The van der Waals surface area contributed by atoms with Crippen molar-refractivity contribution in [3.63, 3.8) is 0 Å². The molecule has 11 atom stereocenters. The van der Waals surface area contributed by atoms with Crippen LogP contribution in [0.15, 0.2) is 101 Å². The first kappa shape index (κ1) is 89.6. The molecule has 1 saturated heterocycles. The predicted molar refractivity (Wildman–Crippen MR) is 413 cm³/mol. The normalized spacial score (nSPS) is 19.2. The van der Waals surface area contributed by atoms with Crippen LogP contribution < -0.4 is 92.1 Å². The number of carboxylic acid groups (broad SMARTS) is 1. The predicted octanol–water partition coefficient (Wildman–Crippen LogP) is -3.05. The molecule has 13 amide bonds. The second-order valence-electron chi connectivity index (χ2n) is 26.9. The van der Waals surface area contributed by atoms with Crippen molar-refractivity contribution >= 4 is 123 Å². The number of nitrogens with two attached hydrogens (primary N) is 4. The molecule has 6 rings (SSSR count). The Kier molecular flexibility index (Phi) is 36.1. The number of hydrogen-bond donors (Lipinski definition) is 20. The number of pyridine rings is 1. The Morgan fingerprint density at radius 2 is 1.25 bits per heavy atom. The number of aromatic nitrogens is 3. The Balaban J connectivity index is 1.13. The zero-order valence-corrected chi connectivity index (χ0v) is 63.7. The highest BCUT2D eigenvalue weighted by Gasteiger charge is 2.37. The van der Waals surface area contributed by atoms with E-state index in [9.17, 15) is 82.4 Å². The summed E-state index contributed by atoms with van der Waals surface area (Å²) in [5.74, 6) is -13.3. The highest BCUT2D eigenvalue weighted by molar-refractivity contribution is 7.99. The molecule has 1 aliphatic rings. The highest BCUT2D eigenvalue weighted by atomic mass is 32.2. The lowest BCUT2D eigenvalue weighted by atomic mass is 10.0. The molecule has 37 nitrogen and oxygen atoms in total. The van der Waals surface area contributed by atoms with Gasteiger partial charge >= 0.3 is 5.97 Å². The molecule has 0 aliphatic carbocycles. The maximum atomic E-state index is 14.3. The molecule has 0 radical (unpaired) electrons. The minimum Gasteiger partial charge on any atom is -0.481 e. The molecule has 3 aromatic carbocycles. The Morgan fingerprint density at radius 1 is 0.634 bits per heavy atom. The lowest BCUT2D eigenvalue weighted by molar-refractivity contribution is -0.138. The number of aliphatic hydroxyl groups is 2. The average molecular weight is 1580 g/mol. The highest BCUT2D eigenvalue weighted by Crippen LogP contribution is 2.34. The molecule has 2 aromatic heterocycles. The van der Waals surface area contributed by atoms with E-state index in [1.165, 1.54) is 18.7 Å². The fourth-order valence-corrected chi connectivity index (χ4v) is 12.6. The molecule has 606 valence electrons. The first-order valence-corrected chi connectivity index (χ1v) is 37.4. The van der Waals surface area contributed by atoms with E-state index in [2.05, 4.69) is 74.1 Å². The third kappa shape index (κ3) is 28.2. The molecule has 1 aliphatic heterocycles. The van der Waals surface area contributed by atoms with Crippen LogP contribution in [0.1, 0.15) is 119 Å². The summed E-state index contributed by atoms with van der Waals surface area (Å²) in [6.07, 6.45) is -1.50. The van der Waals surface area contributed by atoms with Crippen LogP contribution in [0.3, 0.4) is 0 Å². The Bertz CT molecular complexity index is 4150. The van der Waals surface area contributed by atoms with Gasteiger partial charge in [-0.15, -0.1) is 0 Å². The van der Waals surface area contributed by atoms with Gasteiger partial charge in [0.1, 0.15) is 54.4 Å². The van der Waals surface area contributed by atoms with Crippen molar-refractivity contribution in [2.75, 3.05) is 51.6 Å².